The fourth-order valence-corrected chi connectivity index (χ4v) is 2.48. The van der Waals surface area contributed by atoms with Crippen LogP contribution in [0, 0.1) is 5.92 Å². The zero-order valence-corrected chi connectivity index (χ0v) is 10.8. The lowest BCUT2D eigenvalue weighted by atomic mass is 9.78. The van der Waals surface area contributed by atoms with E-state index in [1.165, 1.54) is 45.2 Å². The summed E-state index contributed by atoms with van der Waals surface area (Å²) in [6, 6.07) is 0.862. The van der Waals surface area contributed by atoms with E-state index in [0.29, 0.717) is 0 Å². The SMILES string of the molecule is CCCCCN(C)C1CCC1CNCC. The first-order chi connectivity index (χ1) is 7.29. The first kappa shape index (κ1) is 13.0. The summed E-state index contributed by atoms with van der Waals surface area (Å²) in [6.07, 6.45) is 6.93. The Bertz CT molecular complexity index is 159. The molecule has 0 aromatic carbocycles. The summed E-state index contributed by atoms with van der Waals surface area (Å²) in [5.41, 5.74) is 0. The maximum Gasteiger partial charge on any atom is 0.0133 e. The van der Waals surface area contributed by atoms with Gasteiger partial charge >= 0.3 is 0 Å². The van der Waals surface area contributed by atoms with Gasteiger partial charge in [0, 0.05) is 6.04 Å². The molecule has 90 valence electrons. The van der Waals surface area contributed by atoms with E-state index in [1.54, 1.807) is 0 Å². The fourth-order valence-electron chi connectivity index (χ4n) is 2.48. The molecule has 2 atom stereocenters. The molecule has 15 heavy (non-hydrogen) atoms. The number of hydrogen-bond donors (Lipinski definition) is 1. The molecule has 1 fully saturated rings. The summed E-state index contributed by atoms with van der Waals surface area (Å²) < 4.78 is 0. The van der Waals surface area contributed by atoms with Crippen LogP contribution in [-0.4, -0.2) is 37.6 Å². The van der Waals surface area contributed by atoms with Gasteiger partial charge in [0.2, 0.25) is 0 Å². The normalized spacial score (nSPS) is 25.6. The third kappa shape index (κ3) is 4.12. The second-order valence-corrected chi connectivity index (χ2v) is 4.90. The summed E-state index contributed by atoms with van der Waals surface area (Å²) in [5, 5.41) is 3.48. The van der Waals surface area contributed by atoms with Crippen molar-refractivity contribution in [1.82, 2.24) is 10.2 Å². The Hall–Kier alpha value is -0.0800. The summed E-state index contributed by atoms with van der Waals surface area (Å²) in [7, 11) is 2.30. The van der Waals surface area contributed by atoms with Gasteiger partial charge < -0.3 is 10.2 Å². The molecule has 2 unspecified atom stereocenters. The molecule has 2 nitrogen and oxygen atoms in total. The molecule has 1 N–H and O–H groups in total. The lowest BCUT2D eigenvalue weighted by Gasteiger charge is -2.43. The van der Waals surface area contributed by atoms with E-state index in [4.69, 9.17) is 0 Å². The van der Waals surface area contributed by atoms with Crippen LogP contribution in [0.5, 0.6) is 0 Å². The van der Waals surface area contributed by atoms with E-state index < -0.39 is 0 Å². The molecule has 2 heteroatoms. The summed E-state index contributed by atoms with van der Waals surface area (Å²) in [6.45, 7) is 8.10. The minimum atomic E-state index is 0.862. The molecule has 1 rings (SSSR count). The number of nitrogens with zero attached hydrogens (tertiary/aromatic N) is 1. The van der Waals surface area contributed by atoms with Crippen molar-refractivity contribution in [3.63, 3.8) is 0 Å². The van der Waals surface area contributed by atoms with Crippen LogP contribution in [0.15, 0.2) is 0 Å². The van der Waals surface area contributed by atoms with E-state index in [-0.39, 0.29) is 0 Å². The lowest BCUT2D eigenvalue weighted by Crippen LogP contribution is -2.49. The van der Waals surface area contributed by atoms with E-state index in [1.807, 2.05) is 0 Å². The average Bonchev–Trinajstić information content (AvgIpc) is 2.17. The molecule has 0 aromatic rings. The van der Waals surface area contributed by atoms with Crippen LogP contribution in [0.3, 0.4) is 0 Å². The Morgan fingerprint density at radius 2 is 2.00 bits per heavy atom. The topological polar surface area (TPSA) is 15.3 Å². The van der Waals surface area contributed by atoms with Crippen LogP contribution in [-0.2, 0) is 0 Å². The second kappa shape index (κ2) is 7.24. The number of rotatable bonds is 8. The van der Waals surface area contributed by atoms with Crippen molar-refractivity contribution in [2.24, 2.45) is 5.92 Å². The number of nitrogens with one attached hydrogen (secondary N) is 1. The van der Waals surface area contributed by atoms with Crippen molar-refractivity contribution in [3.05, 3.63) is 0 Å². The molecule has 0 heterocycles. The third-order valence-corrected chi connectivity index (χ3v) is 3.71. The number of hydrogen-bond acceptors (Lipinski definition) is 2. The van der Waals surface area contributed by atoms with Crippen molar-refractivity contribution in [2.75, 3.05) is 26.7 Å². The maximum atomic E-state index is 3.48. The summed E-state index contributed by atoms with van der Waals surface area (Å²) in [5.74, 6) is 0.913. The highest BCUT2D eigenvalue weighted by atomic mass is 15.1. The van der Waals surface area contributed by atoms with Gasteiger partial charge in [-0.15, -0.1) is 0 Å². The van der Waals surface area contributed by atoms with Gasteiger partial charge in [0.25, 0.3) is 0 Å². The van der Waals surface area contributed by atoms with Crippen molar-refractivity contribution in [1.29, 1.82) is 0 Å². The molecular weight excluding hydrogens is 184 g/mol. The Kier molecular flexibility index (Phi) is 6.26. The summed E-state index contributed by atoms with van der Waals surface area (Å²) >= 11 is 0. The van der Waals surface area contributed by atoms with Gasteiger partial charge in [-0.2, -0.15) is 0 Å². The lowest BCUT2D eigenvalue weighted by molar-refractivity contribution is 0.0828. The van der Waals surface area contributed by atoms with Crippen LogP contribution < -0.4 is 5.32 Å². The van der Waals surface area contributed by atoms with E-state index in [0.717, 1.165) is 18.5 Å². The molecule has 1 saturated carbocycles. The van der Waals surface area contributed by atoms with Crippen LogP contribution in [0.2, 0.25) is 0 Å². The molecule has 0 aliphatic heterocycles. The maximum absolute atomic E-state index is 3.48. The number of unbranched alkanes of at least 4 members (excludes halogenated alkanes) is 2. The predicted octanol–water partition coefficient (Wildman–Crippen LogP) is 2.50. The van der Waals surface area contributed by atoms with Gasteiger partial charge in [0.15, 0.2) is 0 Å². The van der Waals surface area contributed by atoms with Crippen molar-refractivity contribution < 1.29 is 0 Å². The quantitative estimate of drug-likeness (QED) is 0.622. The largest absolute Gasteiger partial charge is 0.317 e. The van der Waals surface area contributed by atoms with Crippen LogP contribution >= 0.6 is 0 Å². The van der Waals surface area contributed by atoms with Crippen LogP contribution in [0.25, 0.3) is 0 Å². The minimum Gasteiger partial charge on any atom is -0.317 e. The molecule has 0 aromatic heterocycles. The first-order valence-corrected chi connectivity index (χ1v) is 6.70. The Labute approximate surface area is 95.4 Å². The van der Waals surface area contributed by atoms with E-state index >= 15 is 0 Å². The van der Waals surface area contributed by atoms with Gasteiger partial charge in [-0.1, -0.05) is 26.7 Å². The zero-order valence-electron chi connectivity index (χ0n) is 10.8. The van der Waals surface area contributed by atoms with Gasteiger partial charge in [0.1, 0.15) is 0 Å². The molecule has 1 aliphatic rings. The molecule has 0 spiro atoms. The van der Waals surface area contributed by atoms with Crippen LogP contribution in [0.4, 0.5) is 0 Å². The second-order valence-electron chi connectivity index (χ2n) is 4.90. The fraction of sp³-hybridized carbons (Fsp3) is 1.00. The Morgan fingerprint density at radius 1 is 1.20 bits per heavy atom. The monoisotopic (exact) mass is 212 g/mol. The molecular formula is C13H28N2. The third-order valence-electron chi connectivity index (χ3n) is 3.71. The van der Waals surface area contributed by atoms with Gasteiger partial charge in [-0.3, -0.25) is 0 Å². The molecule has 0 bridgehead atoms. The van der Waals surface area contributed by atoms with Crippen molar-refractivity contribution >= 4 is 0 Å². The highest BCUT2D eigenvalue weighted by molar-refractivity contribution is 4.88. The standard InChI is InChI=1S/C13H28N2/c1-4-6-7-10-15(3)13-9-8-12(13)11-14-5-2/h12-14H,4-11H2,1-3H3. The average molecular weight is 212 g/mol. The van der Waals surface area contributed by atoms with Gasteiger partial charge in [0.05, 0.1) is 0 Å². The molecule has 1 aliphatic carbocycles. The molecule has 0 saturated heterocycles. The first-order valence-electron chi connectivity index (χ1n) is 6.70. The zero-order chi connectivity index (χ0) is 11.1. The smallest absolute Gasteiger partial charge is 0.0133 e. The van der Waals surface area contributed by atoms with Gasteiger partial charge in [-0.05, 0) is 51.9 Å². The molecule has 0 amide bonds. The highest BCUT2D eigenvalue weighted by Gasteiger charge is 2.32. The minimum absolute atomic E-state index is 0.862. The predicted molar refractivity (Wildman–Crippen MR) is 67.2 cm³/mol. The Morgan fingerprint density at radius 3 is 2.53 bits per heavy atom. The van der Waals surface area contributed by atoms with Crippen LogP contribution in [0.1, 0.15) is 46.0 Å². The summed E-state index contributed by atoms with van der Waals surface area (Å²) in [4.78, 5) is 2.58. The highest BCUT2D eigenvalue weighted by Crippen LogP contribution is 2.30. The van der Waals surface area contributed by atoms with Crippen molar-refractivity contribution in [3.8, 4) is 0 Å². The van der Waals surface area contributed by atoms with Gasteiger partial charge in [-0.25, -0.2) is 0 Å². The Balaban J connectivity index is 2.12. The van der Waals surface area contributed by atoms with E-state index in [9.17, 15) is 0 Å². The van der Waals surface area contributed by atoms with Crippen molar-refractivity contribution in [2.45, 2.75) is 52.0 Å². The molecule has 0 radical (unpaired) electrons. The van der Waals surface area contributed by atoms with E-state index in [2.05, 4.69) is 31.1 Å².